The van der Waals surface area contributed by atoms with Gasteiger partial charge in [0.2, 0.25) is 5.95 Å². The molecule has 0 atom stereocenters. The highest BCUT2D eigenvalue weighted by Crippen LogP contribution is 2.35. The fraction of sp³-hybridized carbons (Fsp3) is 0.214. The van der Waals surface area contributed by atoms with Crippen LogP contribution in [0.2, 0.25) is 10.0 Å². The largest absolute Gasteiger partial charge is 0.379 e. The standard InChI is InChI=1S/C28H23Cl2FN10/c29-22-11-18(4-5-24(22)31)36-26-17(13-32)14-35-27-21(26)10-19(12-23(27)30)34-15-20-16-41(39-38-20)25-6-7-33-28(37-25)40-8-2-1-3-9-40/h4-7,10-12,14,16,34H,1-3,8-9,15H2,(H,35,36). The number of halogens is 3. The number of aromatic nitrogens is 6. The molecular formula is C28H23Cl2FN10. The first-order valence-electron chi connectivity index (χ1n) is 13.0. The van der Waals surface area contributed by atoms with Crippen LogP contribution in [0.25, 0.3) is 16.7 Å². The predicted octanol–water partition coefficient (Wildman–Crippen LogP) is 6.27. The number of hydrogen-bond donors (Lipinski definition) is 2. The summed E-state index contributed by atoms with van der Waals surface area (Å²) in [6.45, 7) is 2.25. The van der Waals surface area contributed by atoms with Crippen LogP contribution in [0.1, 0.15) is 30.5 Å². The Morgan fingerprint density at radius 1 is 1.00 bits per heavy atom. The summed E-state index contributed by atoms with van der Waals surface area (Å²) in [5.41, 5.74) is 3.16. The quantitative estimate of drug-likeness (QED) is 0.226. The molecule has 0 aliphatic carbocycles. The number of pyridine rings is 1. The number of nitrogens with zero attached hydrogens (tertiary/aromatic N) is 8. The highest BCUT2D eigenvalue weighted by atomic mass is 35.5. The van der Waals surface area contributed by atoms with Crippen LogP contribution in [0.15, 0.2) is 55.0 Å². The van der Waals surface area contributed by atoms with Gasteiger partial charge in [-0.25, -0.2) is 14.1 Å². The van der Waals surface area contributed by atoms with Gasteiger partial charge in [-0.05, 0) is 49.6 Å². The topological polar surface area (TPSA) is 120 Å². The van der Waals surface area contributed by atoms with E-state index in [2.05, 4.69) is 46.9 Å². The predicted molar refractivity (Wildman–Crippen MR) is 157 cm³/mol. The molecule has 0 radical (unpaired) electrons. The number of hydrogen-bond acceptors (Lipinski definition) is 9. The number of nitriles is 1. The highest BCUT2D eigenvalue weighted by Gasteiger charge is 2.16. The molecule has 5 aromatic rings. The smallest absolute Gasteiger partial charge is 0.227 e. The first-order valence-corrected chi connectivity index (χ1v) is 13.7. The lowest BCUT2D eigenvalue weighted by atomic mass is 10.1. The van der Waals surface area contributed by atoms with Gasteiger partial charge in [-0.1, -0.05) is 28.4 Å². The molecule has 3 aromatic heterocycles. The minimum Gasteiger partial charge on any atom is -0.379 e. The monoisotopic (exact) mass is 588 g/mol. The summed E-state index contributed by atoms with van der Waals surface area (Å²) in [4.78, 5) is 15.7. The first kappa shape index (κ1) is 26.7. The normalized spacial score (nSPS) is 13.3. The van der Waals surface area contributed by atoms with E-state index in [1.54, 1.807) is 29.2 Å². The Morgan fingerprint density at radius 3 is 2.63 bits per heavy atom. The molecule has 13 heteroatoms. The van der Waals surface area contributed by atoms with Crippen LogP contribution in [0.4, 0.5) is 27.4 Å². The van der Waals surface area contributed by atoms with Gasteiger partial charge in [0.1, 0.15) is 17.6 Å². The van der Waals surface area contributed by atoms with Crippen LogP contribution in [0, 0.1) is 17.1 Å². The van der Waals surface area contributed by atoms with E-state index in [4.69, 9.17) is 23.2 Å². The van der Waals surface area contributed by atoms with Crippen molar-refractivity contribution in [1.82, 2.24) is 29.9 Å². The van der Waals surface area contributed by atoms with Crippen molar-refractivity contribution < 1.29 is 4.39 Å². The number of piperidine rings is 1. The summed E-state index contributed by atoms with van der Waals surface area (Å²) < 4.78 is 15.3. The molecule has 1 saturated heterocycles. The van der Waals surface area contributed by atoms with Crippen molar-refractivity contribution in [2.24, 2.45) is 0 Å². The second-order valence-corrected chi connectivity index (χ2v) is 10.4. The van der Waals surface area contributed by atoms with Crippen molar-refractivity contribution in [3.8, 4) is 11.9 Å². The summed E-state index contributed by atoms with van der Waals surface area (Å²) in [7, 11) is 0. The van der Waals surface area contributed by atoms with Gasteiger partial charge in [-0.3, -0.25) is 4.98 Å². The first-order chi connectivity index (χ1) is 20.0. The van der Waals surface area contributed by atoms with E-state index in [9.17, 15) is 9.65 Å². The van der Waals surface area contributed by atoms with E-state index in [0.717, 1.165) is 25.9 Å². The third kappa shape index (κ3) is 5.70. The van der Waals surface area contributed by atoms with Crippen molar-refractivity contribution in [2.75, 3.05) is 28.6 Å². The average molecular weight is 589 g/mol. The van der Waals surface area contributed by atoms with Gasteiger partial charge in [0.15, 0.2) is 5.82 Å². The lowest BCUT2D eigenvalue weighted by molar-refractivity contribution is 0.567. The van der Waals surface area contributed by atoms with E-state index in [-0.39, 0.29) is 5.02 Å². The minimum absolute atomic E-state index is 0.0370. The second-order valence-electron chi connectivity index (χ2n) is 9.54. The molecular weight excluding hydrogens is 566 g/mol. The second kappa shape index (κ2) is 11.5. The molecule has 0 unspecified atom stereocenters. The fourth-order valence-electron chi connectivity index (χ4n) is 4.70. The Hall–Kier alpha value is -4.53. The maximum atomic E-state index is 13.7. The van der Waals surface area contributed by atoms with Gasteiger partial charge in [0.05, 0.1) is 39.6 Å². The molecule has 1 aliphatic rings. The van der Waals surface area contributed by atoms with E-state index < -0.39 is 5.82 Å². The van der Waals surface area contributed by atoms with E-state index >= 15 is 0 Å². The molecule has 206 valence electrons. The van der Waals surface area contributed by atoms with Gasteiger partial charge in [-0.2, -0.15) is 10.2 Å². The summed E-state index contributed by atoms with van der Waals surface area (Å²) in [6.07, 6.45) is 8.48. The molecule has 2 N–H and O–H groups in total. The summed E-state index contributed by atoms with van der Waals surface area (Å²) in [5.74, 6) is 0.798. The van der Waals surface area contributed by atoms with Gasteiger partial charge < -0.3 is 15.5 Å². The molecule has 0 saturated carbocycles. The molecule has 0 amide bonds. The Labute approximate surface area is 244 Å². The highest BCUT2D eigenvalue weighted by molar-refractivity contribution is 6.36. The lowest BCUT2D eigenvalue weighted by Gasteiger charge is -2.26. The van der Waals surface area contributed by atoms with Crippen molar-refractivity contribution in [3.63, 3.8) is 0 Å². The summed E-state index contributed by atoms with van der Waals surface area (Å²) in [5, 5.41) is 25.7. The molecule has 0 bridgehead atoms. The van der Waals surface area contributed by atoms with Gasteiger partial charge in [0.25, 0.3) is 0 Å². The van der Waals surface area contributed by atoms with Gasteiger partial charge >= 0.3 is 0 Å². The van der Waals surface area contributed by atoms with Gasteiger partial charge in [-0.15, -0.1) is 5.10 Å². The van der Waals surface area contributed by atoms with Crippen LogP contribution in [0.3, 0.4) is 0 Å². The minimum atomic E-state index is -0.536. The van der Waals surface area contributed by atoms with Gasteiger partial charge in [0, 0.05) is 48.3 Å². The molecule has 10 nitrogen and oxygen atoms in total. The lowest BCUT2D eigenvalue weighted by Crippen LogP contribution is -2.31. The van der Waals surface area contributed by atoms with Crippen molar-refractivity contribution in [3.05, 3.63) is 82.1 Å². The number of anilines is 4. The molecule has 1 fully saturated rings. The number of benzene rings is 2. The maximum Gasteiger partial charge on any atom is 0.227 e. The van der Waals surface area contributed by atoms with Crippen LogP contribution in [0.5, 0.6) is 0 Å². The maximum absolute atomic E-state index is 13.7. The molecule has 6 rings (SSSR count). The van der Waals surface area contributed by atoms with Crippen LogP contribution < -0.4 is 15.5 Å². The Balaban J connectivity index is 1.24. The van der Waals surface area contributed by atoms with E-state index in [1.165, 1.54) is 30.8 Å². The Kier molecular flexibility index (Phi) is 7.50. The SMILES string of the molecule is N#Cc1cnc2c(Cl)cc(NCc3cn(-c4ccnc(N5CCCCC5)n4)nn3)cc2c1Nc1ccc(F)c(Cl)c1. The Bertz CT molecular complexity index is 1780. The summed E-state index contributed by atoms with van der Waals surface area (Å²) >= 11 is 12.5. The average Bonchev–Trinajstić information content (AvgIpc) is 3.48. The van der Waals surface area contributed by atoms with E-state index in [0.29, 0.717) is 62.6 Å². The number of rotatable bonds is 7. The van der Waals surface area contributed by atoms with Crippen molar-refractivity contribution >= 4 is 57.1 Å². The zero-order valence-electron chi connectivity index (χ0n) is 21.7. The van der Waals surface area contributed by atoms with Crippen LogP contribution >= 0.6 is 23.2 Å². The Morgan fingerprint density at radius 2 is 1.83 bits per heavy atom. The zero-order valence-corrected chi connectivity index (χ0v) is 23.2. The molecule has 4 heterocycles. The molecule has 2 aromatic carbocycles. The number of fused-ring (bicyclic) bond motifs is 1. The molecule has 1 aliphatic heterocycles. The van der Waals surface area contributed by atoms with Crippen LogP contribution in [-0.2, 0) is 6.54 Å². The van der Waals surface area contributed by atoms with Crippen molar-refractivity contribution in [2.45, 2.75) is 25.8 Å². The van der Waals surface area contributed by atoms with Crippen LogP contribution in [-0.4, -0.2) is 43.0 Å². The molecule has 41 heavy (non-hydrogen) atoms. The fourth-order valence-corrected chi connectivity index (χ4v) is 5.15. The molecule has 0 spiro atoms. The third-order valence-corrected chi connectivity index (χ3v) is 7.33. The third-order valence-electron chi connectivity index (χ3n) is 6.75. The summed E-state index contributed by atoms with van der Waals surface area (Å²) in [6, 6.07) is 11.8. The van der Waals surface area contributed by atoms with E-state index in [1.807, 2.05) is 6.07 Å². The zero-order chi connectivity index (χ0) is 28.3. The van der Waals surface area contributed by atoms with Crippen molar-refractivity contribution in [1.29, 1.82) is 5.26 Å². The number of nitrogens with one attached hydrogen (secondary N) is 2.